The second-order valence-electron chi connectivity index (χ2n) is 7.92. The van der Waals surface area contributed by atoms with Crippen LogP contribution in [-0.2, 0) is 11.2 Å². The summed E-state index contributed by atoms with van der Waals surface area (Å²) in [6, 6.07) is 9.42. The highest BCUT2D eigenvalue weighted by molar-refractivity contribution is 6.34. The summed E-state index contributed by atoms with van der Waals surface area (Å²) in [5.74, 6) is 0.0660. The number of aromatic nitrogens is 2. The molecule has 0 spiro atoms. The van der Waals surface area contributed by atoms with Crippen LogP contribution in [0.1, 0.15) is 47.1 Å². The smallest absolute Gasteiger partial charge is 0.256 e. The molecule has 2 N–H and O–H groups in total. The SMILES string of the molecule is O=C1Cc2cc(C(=O)N3CCCCC3c3ncc(-c4cccc(F)c4)[nH]3)c(Cl)cc2N1. The van der Waals surface area contributed by atoms with Crippen molar-refractivity contribution in [3.8, 4) is 11.3 Å². The van der Waals surface area contributed by atoms with Crippen LogP contribution in [0.5, 0.6) is 0 Å². The van der Waals surface area contributed by atoms with Crippen LogP contribution in [-0.4, -0.2) is 33.2 Å². The molecule has 3 aromatic rings. The minimum Gasteiger partial charge on any atom is -0.340 e. The van der Waals surface area contributed by atoms with Gasteiger partial charge in [0.1, 0.15) is 11.6 Å². The molecule has 31 heavy (non-hydrogen) atoms. The summed E-state index contributed by atoms with van der Waals surface area (Å²) >= 11 is 6.40. The van der Waals surface area contributed by atoms with Crippen molar-refractivity contribution in [3.05, 3.63) is 70.4 Å². The number of likely N-dealkylation sites (tertiary alicyclic amines) is 1. The third kappa shape index (κ3) is 3.70. The lowest BCUT2D eigenvalue weighted by molar-refractivity contribution is -0.115. The van der Waals surface area contributed by atoms with E-state index in [1.54, 1.807) is 29.3 Å². The predicted molar refractivity (Wildman–Crippen MR) is 115 cm³/mol. The Morgan fingerprint density at radius 3 is 2.94 bits per heavy atom. The highest BCUT2D eigenvalue weighted by Crippen LogP contribution is 2.35. The van der Waals surface area contributed by atoms with E-state index in [1.807, 2.05) is 6.07 Å². The summed E-state index contributed by atoms with van der Waals surface area (Å²) in [5.41, 5.74) is 3.23. The lowest BCUT2D eigenvalue weighted by Crippen LogP contribution is -2.39. The van der Waals surface area contributed by atoms with E-state index >= 15 is 0 Å². The Morgan fingerprint density at radius 1 is 1.23 bits per heavy atom. The Hall–Kier alpha value is -3.19. The second kappa shape index (κ2) is 7.81. The highest BCUT2D eigenvalue weighted by atomic mass is 35.5. The highest BCUT2D eigenvalue weighted by Gasteiger charge is 2.32. The number of halogens is 2. The van der Waals surface area contributed by atoms with Gasteiger partial charge in [0, 0.05) is 17.8 Å². The zero-order valence-electron chi connectivity index (χ0n) is 16.6. The van der Waals surface area contributed by atoms with Crippen molar-refractivity contribution in [2.45, 2.75) is 31.7 Å². The minimum atomic E-state index is -0.317. The van der Waals surface area contributed by atoms with Crippen LogP contribution in [0.3, 0.4) is 0 Å². The quantitative estimate of drug-likeness (QED) is 0.620. The maximum absolute atomic E-state index is 13.6. The first kappa shape index (κ1) is 19.8. The Balaban J connectivity index is 1.45. The van der Waals surface area contributed by atoms with Crippen molar-refractivity contribution in [2.75, 3.05) is 11.9 Å². The lowest BCUT2D eigenvalue weighted by Gasteiger charge is -2.35. The molecule has 8 heteroatoms. The molecule has 0 bridgehead atoms. The second-order valence-corrected chi connectivity index (χ2v) is 8.32. The molecular weight excluding hydrogens is 419 g/mol. The Morgan fingerprint density at radius 2 is 2.10 bits per heavy atom. The fraction of sp³-hybridized carbons (Fsp3) is 0.261. The number of H-pyrrole nitrogens is 1. The average Bonchev–Trinajstić information content (AvgIpc) is 3.38. The summed E-state index contributed by atoms with van der Waals surface area (Å²) in [7, 11) is 0. The molecule has 0 aliphatic carbocycles. The van der Waals surface area contributed by atoms with Crippen molar-refractivity contribution in [3.63, 3.8) is 0 Å². The van der Waals surface area contributed by atoms with Gasteiger partial charge in [-0.1, -0.05) is 23.7 Å². The number of anilines is 1. The number of rotatable bonds is 3. The molecule has 158 valence electrons. The summed E-state index contributed by atoms with van der Waals surface area (Å²) < 4.78 is 13.6. The van der Waals surface area contributed by atoms with E-state index in [9.17, 15) is 14.0 Å². The summed E-state index contributed by atoms with van der Waals surface area (Å²) in [6.07, 6.45) is 4.54. The largest absolute Gasteiger partial charge is 0.340 e. The van der Waals surface area contributed by atoms with Crippen LogP contribution in [0.4, 0.5) is 10.1 Å². The van der Waals surface area contributed by atoms with Gasteiger partial charge in [0.15, 0.2) is 0 Å². The summed E-state index contributed by atoms with van der Waals surface area (Å²) in [5, 5.41) is 3.07. The molecule has 2 amide bonds. The topological polar surface area (TPSA) is 78.1 Å². The van der Waals surface area contributed by atoms with Gasteiger partial charge in [0.05, 0.1) is 34.9 Å². The lowest BCUT2D eigenvalue weighted by atomic mass is 9.99. The van der Waals surface area contributed by atoms with Crippen molar-refractivity contribution >= 4 is 29.1 Å². The van der Waals surface area contributed by atoms with Crippen molar-refractivity contribution in [1.29, 1.82) is 0 Å². The predicted octanol–water partition coefficient (Wildman–Crippen LogP) is 4.73. The van der Waals surface area contributed by atoms with Gasteiger partial charge in [0.2, 0.25) is 5.91 Å². The number of hydrogen-bond acceptors (Lipinski definition) is 3. The van der Waals surface area contributed by atoms with Crippen LogP contribution < -0.4 is 5.32 Å². The number of piperidine rings is 1. The number of carbonyl (C=O) groups excluding carboxylic acids is 2. The van der Waals surface area contributed by atoms with Crippen LogP contribution in [0, 0.1) is 5.82 Å². The van der Waals surface area contributed by atoms with E-state index in [0.29, 0.717) is 39.9 Å². The van der Waals surface area contributed by atoms with Gasteiger partial charge in [-0.3, -0.25) is 9.59 Å². The number of benzene rings is 2. The molecule has 1 aromatic heterocycles. The first-order chi connectivity index (χ1) is 15.0. The third-order valence-electron chi connectivity index (χ3n) is 5.86. The molecule has 1 unspecified atom stereocenters. The van der Waals surface area contributed by atoms with Gasteiger partial charge in [-0.25, -0.2) is 9.37 Å². The van der Waals surface area contributed by atoms with Crippen LogP contribution >= 0.6 is 11.6 Å². The molecule has 6 nitrogen and oxygen atoms in total. The zero-order chi connectivity index (χ0) is 21.5. The molecule has 2 aliphatic rings. The number of aromatic amines is 1. The van der Waals surface area contributed by atoms with E-state index in [-0.39, 0.29) is 30.1 Å². The normalized spacial score (nSPS) is 18.1. The van der Waals surface area contributed by atoms with Gasteiger partial charge >= 0.3 is 0 Å². The zero-order valence-corrected chi connectivity index (χ0v) is 17.4. The van der Waals surface area contributed by atoms with Gasteiger partial charge in [-0.15, -0.1) is 0 Å². The van der Waals surface area contributed by atoms with Crippen LogP contribution in [0.25, 0.3) is 11.3 Å². The fourth-order valence-electron chi connectivity index (χ4n) is 4.33. The van der Waals surface area contributed by atoms with Gasteiger partial charge in [-0.2, -0.15) is 0 Å². The standard InChI is InChI=1S/C23H20ClFN4O2/c24-17-11-18-14(10-21(30)27-18)9-16(17)23(31)29-7-2-1-6-20(29)22-26-12-19(28-22)13-4-3-5-15(25)8-13/h3-5,8-9,11-12,20H,1-2,6-7,10H2,(H,26,28)(H,27,30). The van der Waals surface area contributed by atoms with Crippen LogP contribution in [0.15, 0.2) is 42.6 Å². The number of carbonyl (C=O) groups is 2. The van der Waals surface area contributed by atoms with Crippen molar-refractivity contribution in [2.24, 2.45) is 0 Å². The Labute approximate surface area is 183 Å². The van der Waals surface area contributed by atoms with E-state index < -0.39 is 0 Å². The molecule has 2 aromatic carbocycles. The van der Waals surface area contributed by atoms with E-state index in [4.69, 9.17) is 11.6 Å². The number of imidazole rings is 1. The first-order valence-corrected chi connectivity index (χ1v) is 10.6. The van der Waals surface area contributed by atoms with E-state index in [1.165, 1.54) is 12.1 Å². The Bertz CT molecular complexity index is 1190. The monoisotopic (exact) mass is 438 g/mol. The number of nitrogens with zero attached hydrogens (tertiary/aromatic N) is 2. The van der Waals surface area contributed by atoms with Gasteiger partial charge in [0.25, 0.3) is 5.91 Å². The number of fused-ring (bicyclic) bond motifs is 1. The molecule has 0 saturated carbocycles. The molecule has 3 heterocycles. The maximum atomic E-state index is 13.6. The Kier molecular flexibility index (Phi) is 4.98. The average molecular weight is 439 g/mol. The number of hydrogen-bond donors (Lipinski definition) is 2. The summed E-state index contributed by atoms with van der Waals surface area (Å²) in [4.78, 5) is 34.7. The van der Waals surface area contributed by atoms with E-state index in [2.05, 4.69) is 15.3 Å². The van der Waals surface area contributed by atoms with Gasteiger partial charge in [-0.05, 0) is 49.1 Å². The van der Waals surface area contributed by atoms with Crippen molar-refractivity contribution < 1.29 is 14.0 Å². The van der Waals surface area contributed by atoms with E-state index in [0.717, 1.165) is 24.8 Å². The van der Waals surface area contributed by atoms with Crippen molar-refractivity contribution in [1.82, 2.24) is 14.9 Å². The molecule has 0 radical (unpaired) electrons. The third-order valence-corrected chi connectivity index (χ3v) is 6.17. The minimum absolute atomic E-state index is 0.105. The molecule has 1 saturated heterocycles. The fourth-order valence-corrected chi connectivity index (χ4v) is 4.58. The number of amides is 2. The molecule has 1 fully saturated rings. The molecule has 5 rings (SSSR count). The maximum Gasteiger partial charge on any atom is 0.256 e. The molecular formula is C23H20ClFN4O2. The molecule has 2 aliphatic heterocycles. The van der Waals surface area contributed by atoms with Gasteiger partial charge < -0.3 is 15.2 Å². The molecule has 1 atom stereocenters. The number of nitrogens with one attached hydrogen (secondary N) is 2. The van der Waals surface area contributed by atoms with Crippen LogP contribution in [0.2, 0.25) is 5.02 Å². The first-order valence-electron chi connectivity index (χ1n) is 10.2. The summed E-state index contributed by atoms with van der Waals surface area (Å²) in [6.45, 7) is 0.587.